The lowest BCUT2D eigenvalue weighted by Gasteiger charge is -2.03. The van der Waals surface area contributed by atoms with Crippen LogP contribution in [-0.4, -0.2) is 20.1 Å². The van der Waals surface area contributed by atoms with E-state index in [4.69, 9.17) is 27.2 Å². The van der Waals surface area contributed by atoms with Gasteiger partial charge in [0.2, 0.25) is 11.2 Å². The first-order valence-corrected chi connectivity index (χ1v) is 4.65. The SMILES string of the molecule is Nc1nc(Cl)nc(Oc2ccc(O)cc2)n1. The van der Waals surface area contributed by atoms with Gasteiger partial charge in [0.25, 0.3) is 0 Å². The molecular weight excluding hydrogens is 232 g/mol. The lowest BCUT2D eigenvalue weighted by Crippen LogP contribution is -2.00. The molecule has 1 aromatic carbocycles. The number of aromatic hydroxyl groups is 1. The average Bonchev–Trinajstić information content (AvgIpc) is 2.20. The van der Waals surface area contributed by atoms with E-state index in [0.29, 0.717) is 5.75 Å². The third-order valence-corrected chi connectivity index (χ3v) is 1.82. The molecule has 0 bridgehead atoms. The lowest BCUT2D eigenvalue weighted by atomic mass is 10.3. The minimum Gasteiger partial charge on any atom is -0.508 e. The summed E-state index contributed by atoms with van der Waals surface area (Å²) in [5.41, 5.74) is 5.37. The van der Waals surface area contributed by atoms with Gasteiger partial charge >= 0.3 is 6.01 Å². The average molecular weight is 239 g/mol. The van der Waals surface area contributed by atoms with Gasteiger partial charge in [-0.15, -0.1) is 0 Å². The number of ether oxygens (including phenoxy) is 1. The van der Waals surface area contributed by atoms with Crippen molar-refractivity contribution in [1.82, 2.24) is 15.0 Å². The normalized spacial score (nSPS) is 10.1. The zero-order chi connectivity index (χ0) is 11.5. The quantitative estimate of drug-likeness (QED) is 0.825. The van der Waals surface area contributed by atoms with Crippen molar-refractivity contribution in [2.45, 2.75) is 0 Å². The third-order valence-electron chi connectivity index (χ3n) is 1.65. The zero-order valence-corrected chi connectivity index (χ0v) is 8.72. The number of hydrogen-bond acceptors (Lipinski definition) is 6. The summed E-state index contributed by atoms with van der Waals surface area (Å²) in [5.74, 6) is 0.578. The van der Waals surface area contributed by atoms with E-state index in [2.05, 4.69) is 15.0 Å². The monoisotopic (exact) mass is 238 g/mol. The maximum atomic E-state index is 9.07. The third kappa shape index (κ3) is 2.48. The molecule has 0 aliphatic heterocycles. The van der Waals surface area contributed by atoms with E-state index in [1.165, 1.54) is 12.1 Å². The van der Waals surface area contributed by atoms with Crippen LogP contribution in [0.2, 0.25) is 5.28 Å². The molecular formula is C9H7ClN4O2. The maximum Gasteiger partial charge on any atom is 0.328 e. The molecule has 16 heavy (non-hydrogen) atoms. The Morgan fingerprint density at radius 2 is 1.81 bits per heavy atom. The second kappa shape index (κ2) is 4.19. The second-order valence-corrected chi connectivity index (χ2v) is 3.18. The van der Waals surface area contributed by atoms with E-state index in [9.17, 15) is 0 Å². The van der Waals surface area contributed by atoms with Gasteiger partial charge in [0.05, 0.1) is 0 Å². The van der Waals surface area contributed by atoms with Crippen LogP contribution < -0.4 is 10.5 Å². The van der Waals surface area contributed by atoms with Crippen molar-refractivity contribution in [3.05, 3.63) is 29.5 Å². The number of phenolic OH excluding ortho intramolecular Hbond substituents is 1. The molecule has 0 unspecified atom stereocenters. The van der Waals surface area contributed by atoms with Crippen molar-refractivity contribution in [1.29, 1.82) is 0 Å². The van der Waals surface area contributed by atoms with Crippen LogP contribution in [0.4, 0.5) is 5.95 Å². The first-order valence-electron chi connectivity index (χ1n) is 4.27. The fourth-order valence-electron chi connectivity index (χ4n) is 1.01. The lowest BCUT2D eigenvalue weighted by molar-refractivity contribution is 0.436. The molecule has 82 valence electrons. The number of phenols is 1. The molecule has 7 heteroatoms. The van der Waals surface area contributed by atoms with E-state index in [0.717, 1.165) is 0 Å². The number of nitrogen functional groups attached to an aromatic ring is 1. The largest absolute Gasteiger partial charge is 0.508 e. The topological polar surface area (TPSA) is 94.2 Å². The highest BCUT2D eigenvalue weighted by molar-refractivity contribution is 6.28. The summed E-state index contributed by atoms with van der Waals surface area (Å²) < 4.78 is 5.26. The Balaban J connectivity index is 2.23. The molecule has 0 atom stereocenters. The number of anilines is 1. The summed E-state index contributed by atoms with van der Waals surface area (Å²) in [6.45, 7) is 0. The number of nitrogens with zero attached hydrogens (tertiary/aromatic N) is 3. The Morgan fingerprint density at radius 3 is 2.44 bits per heavy atom. The Labute approximate surface area is 95.7 Å². The van der Waals surface area contributed by atoms with Crippen LogP contribution in [0.1, 0.15) is 0 Å². The Kier molecular flexibility index (Phi) is 2.74. The van der Waals surface area contributed by atoms with Gasteiger partial charge in [0.15, 0.2) is 0 Å². The molecule has 0 aliphatic rings. The van der Waals surface area contributed by atoms with Crippen LogP contribution in [-0.2, 0) is 0 Å². The summed E-state index contributed by atoms with van der Waals surface area (Å²) in [6, 6.07) is 6.07. The highest BCUT2D eigenvalue weighted by atomic mass is 35.5. The summed E-state index contributed by atoms with van der Waals surface area (Å²) in [4.78, 5) is 11.1. The van der Waals surface area contributed by atoms with Gasteiger partial charge in [-0.25, -0.2) is 0 Å². The van der Waals surface area contributed by atoms with E-state index >= 15 is 0 Å². The van der Waals surface area contributed by atoms with Gasteiger partial charge in [-0.05, 0) is 35.9 Å². The number of rotatable bonds is 2. The minimum atomic E-state index is -0.0405. The molecule has 0 aliphatic carbocycles. The number of halogens is 1. The number of aromatic nitrogens is 3. The molecule has 1 aromatic heterocycles. The summed E-state index contributed by atoms with van der Waals surface area (Å²) in [6.07, 6.45) is 0. The first kappa shape index (κ1) is 10.4. The van der Waals surface area contributed by atoms with Gasteiger partial charge < -0.3 is 15.6 Å². The Hall–Kier alpha value is -2.08. The van der Waals surface area contributed by atoms with Gasteiger partial charge in [0.1, 0.15) is 11.5 Å². The van der Waals surface area contributed by atoms with Crippen molar-refractivity contribution < 1.29 is 9.84 Å². The van der Waals surface area contributed by atoms with E-state index in [1.807, 2.05) is 0 Å². The van der Waals surface area contributed by atoms with Crippen molar-refractivity contribution in [2.24, 2.45) is 0 Å². The number of nitrogens with two attached hydrogens (primary N) is 1. The van der Waals surface area contributed by atoms with E-state index in [-0.39, 0.29) is 23.0 Å². The van der Waals surface area contributed by atoms with Crippen LogP contribution in [0, 0.1) is 0 Å². The zero-order valence-electron chi connectivity index (χ0n) is 7.96. The summed E-state index contributed by atoms with van der Waals surface area (Å²) in [5, 5.41) is 9.03. The fraction of sp³-hybridized carbons (Fsp3) is 0. The molecule has 0 amide bonds. The standard InChI is InChI=1S/C9H7ClN4O2/c10-7-12-8(11)14-9(13-7)16-6-3-1-5(15)2-4-6/h1-4,15H,(H2,11,12,13,14). The molecule has 0 saturated heterocycles. The van der Waals surface area contributed by atoms with Gasteiger partial charge in [-0.2, -0.15) is 15.0 Å². The molecule has 2 aromatic rings. The second-order valence-electron chi connectivity index (χ2n) is 2.84. The van der Waals surface area contributed by atoms with Crippen molar-refractivity contribution in [3.63, 3.8) is 0 Å². The summed E-state index contributed by atoms with van der Waals surface area (Å²) in [7, 11) is 0. The molecule has 0 radical (unpaired) electrons. The van der Waals surface area contributed by atoms with Gasteiger partial charge in [0, 0.05) is 0 Å². The molecule has 0 fully saturated rings. The minimum absolute atomic E-state index is 0.00295. The van der Waals surface area contributed by atoms with Gasteiger partial charge in [-0.3, -0.25) is 0 Å². The smallest absolute Gasteiger partial charge is 0.328 e. The van der Waals surface area contributed by atoms with Gasteiger partial charge in [-0.1, -0.05) is 0 Å². The van der Waals surface area contributed by atoms with Crippen molar-refractivity contribution in [2.75, 3.05) is 5.73 Å². The maximum absolute atomic E-state index is 9.07. The van der Waals surface area contributed by atoms with E-state index in [1.54, 1.807) is 12.1 Å². The molecule has 6 nitrogen and oxygen atoms in total. The van der Waals surface area contributed by atoms with Crippen LogP contribution >= 0.6 is 11.6 Å². The fourth-order valence-corrected chi connectivity index (χ4v) is 1.17. The first-order chi connectivity index (χ1) is 7.63. The molecule has 2 rings (SSSR count). The van der Waals surface area contributed by atoms with Crippen LogP contribution in [0.25, 0.3) is 0 Å². The Morgan fingerprint density at radius 1 is 1.12 bits per heavy atom. The van der Waals surface area contributed by atoms with Crippen LogP contribution in [0.3, 0.4) is 0 Å². The molecule has 3 N–H and O–H groups in total. The summed E-state index contributed by atoms with van der Waals surface area (Å²) >= 11 is 5.58. The highest BCUT2D eigenvalue weighted by Crippen LogP contribution is 2.21. The van der Waals surface area contributed by atoms with Crippen LogP contribution in [0.15, 0.2) is 24.3 Å². The van der Waals surface area contributed by atoms with Crippen molar-refractivity contribution in [3.8, 4) is 17.5 Å². The molecule has 0 spiro atoms. The predicted molar refractivity (Wildman–Crippen MR) is 57.4 cm³/mol. The highest BCUT2D eigenvalue weighted by Gasteiger charge is 2.04. The van der Waals surface area contributed by atoms with Crippen molar-refractivity contribution >= 4 is 17.5 Å². The number of hydrogen-bond donors (Lipinski definition) is 2. The number of benzene rings is 1. The van der Waals surface area contributed by atoms with Crippen LogP contribution in [0.5, 0.6) is 17.5 Å². The van der Waals surface area contributed by atoms with E-state index < -0.39 is 0 Å². The molecule has 1 heterocycles. The molecule has 0 saturated carbocycles. The Bertz CT molecular complexity index is 483. The predicted octanol–water partition coefficient (Wildman–Crippen LogP) is 1.61.